The lowest BCUT2D eigenvalue weighted by atomic mass is 9.91. The Morgan fingerprint density at radius 2 is 1.12 bits per heavy atom. The maximum absolute atomic E-state index is 11.9. The van der Waals surface area contributed by atoms with Crippen molar-refractivity contribution in [1.29, 1.82) is 0 Å². The van der Waals surface area contributed by atoms with Crippen LogP contribution in [0.25, 0.3) is 0 Å². The Morgan fingerprint density at radius 1 is 0.812 bits per heavy atom. The van der Waals surface area contributed by atoms with Gasteiger partial charge in [-0.1, -0.05) is 52.0 Å². The summed E-state index contributed by atoms with van der Waals surface area (Å²) in [5.74, 6) is -0.101. The Bertz CT molecular complexity index is 364. The van der Waals surface area contributed by atoms with Crippen LogP contribution in [0.4, 0.5) is 0 Å². The van der Waals surface area contributed by atoms with Gasteiger partial charge in [-0.3, -0.25) is 9.59 Å². The van der Waals surface area contributed by atoms with E-state index in [1.807, 2.05) is 27.7 Å². The molecule has 0 aromatic heterocycles. The van der Waals surface area contributed by atoms with Gasteiger partial charge in [-0.2, -0.15) is 0 Å². The molecule has 0 aliphatic rings. The van der Waals surface area contributed by atoms with Crippen molar-refractivity contribution in [3.05, 3.63) is 35.4 Å². The number of ketones is 2. The van der Waals surface area contributed by atoms with Gasteiger partial charge in [0.2, 0.25) is 0 Å². The van der Waals surface area contributed by atoms with Gasteiger partial charge in [0.1, 0.15) is 0 Å². The van der Waals surface area contributed by atoms with Crippen molar-refractivity contribution in [3.8, 4) is 0 Å². The Kier molecular flexibility index (Phi) is 3.99. The highest BCUT2D eigenvalue weighted by atomic mass is 16.1. The van der Waals surface area contributed by atoms with Crippen LogP contribution in [-0.4, -0.2) is 11.6 Å². The van der Waals surface area contributed by atoms with Crippen LogP contribution in [0.2, 0.25) is 0 Å². The number of benzene rings is 1. The number of Topliss-reactive ketones (excluding diaryl/α,β-unsaturated/α-hetero) is 2. The molecule has 0 saturated carbocycles. The SMILES string of the molecule is CC(C)C(=O)c1ccccc1C(=O)C(C)C. The normalized spacial score (nSPS) is 10.9. The van der Waals surface area contributed by atoms with Crippen molar-refractivity contribution in [2.24, 2.45) is 11.8 Å². The van der Waals surface area contributed by atoms with Crippen LogP contribution in [-0.2, 0) is 0 Å². The van der Waals surface area contributed by atoms with Gasteiger partial charge in [0.25, 0.3) is 0 Å². The number of carbonyl (C=O) groups is 2. The third kappa shape index (κ3) is 2.57. The molecule has 0 aliphatic carbocycles. The van der Waals surface area contributed by atoms with Crippen LogP contribution in [0.5, 0.6) is 0 Å². The summed E-state index contributed by atoms with van der Waals surface area (Å²) in [5, 5.41) is 0. The molecule has 0 N–H and O–H groups in total. The van der Waals surface area contributed by atoms with E-state index in [1.54, 1.807) is 24.3 Å². The summed E-state index contributed by atoms with van der Waals surface area (Å²) in [6, 6.07) is 7.06. The van der Waals surface area contributed by atoms with Crippen molar-refractivity contribution in [1.82, 2.24) is 0 Å². The molecule has 1 aromatic carbocycles. The molecule has 0 spiro atoms. The molecular formula is C14H18O2. The van der Waals surface area contributed by atoms with Gasteiger partial charge in [-0.05, 0) is 0 Å². The fourth-order valence-electron chi connectivity index (χ4n) is 1.53. The van der Waals surface area contributed by atoms with E-state index in [1.165, 1.54) is 0 Å². The largest absolute Gasteiger partial charge is 0.294 e. The lowest BCUT2D eigenvalue weighted by molar-refractivity contribution is 0.0905. The zero-order chi connectivity index (χ0) is 12.3. The summed E-state index contributed by atoms with van der Waals surface area (Å²) in [6.07, 6.45) is 0. The first-order valence-corrected chi connectivity index (χ1v) is 5.62. The van der Waals surface area contributed by atoms with Gasteiger partial charge >= 0.3 is 0 Å². The van der Waals surface area contributed by atoms with Gasteiger partial charge in [-0.25, -0.2) is 0 Å². The van der Waals surface area contributed by atoms with Crippen LogP contribution in [0.3, 0.4) is 0 Å². The van der Waals surface area contributed by atoms with Gasteiger partial charge < -0.3 is 0 Å². The van der Waals surface area contributed by atoms with Crippen molar-refractivity contribution in [3.63, 3.8) is 0 Å². The number of carbonyl (C=O) groups excluding carboxylic acids is 2. The lowest BCUT2D eigenvalue weighted by Crippen LogP contribution is -2.16. The van der Waals surface area contributed by atoms with Crippen molar-refractivity contribution < 1.29 is 9.59 Å². The predicted molar refractivity (Wildman–Crippen MR) is 64.8 cm³/mol. The van der Waals surface area contributed by atoms with Gasteiger partial charge in [0.15, 0.2) is 11.6 Å². The number of hydrogen-bond donors (Lipinski definition) is 0. The molecule has 0 heterocycles. The molecule has 0 aliphatic heterocycles. The van der Waals surface area contributed by atoms with Gasteiger partial charge in [0, 0.05) is 23.0 Å². The third-order valence-electron chi connectivity index (χ3n) is 2.51. The molecule has 0 saturated heterocycles. The average molecular weight is 218 g/mol. The van der Waals surface area contributed by atoms with E-state index in [4.69, 9.17) is 0 Å². The topological polar surface area (TPSA) is 34.1 Å². The van der Waals surface area contributed by atoms with Crippen molar-refractivity contribution in [2.75, 3.05) is 0 Å². The highest BCUT2D eigenvalue weighted by Crippen LogP contribution is 2.17. The summed E-state index contributed by atoms with van der Waals surface area (Å²) >= 11 is 0. The average Bonchev–Trinajstić information content (AvgIpc) is 2.26. The lowest BCUT2D eigenvalue weighted by Gasteiger charge is -2.11. The zero-order valence-corrected chi connectivity index (χ0v) is 10.3. The summed E-state index contributed by atoms with van der Waals surface area (Å²) in [4.78, 5) is 23.9. The molecule has 0 amide bonds. The maximum atomic E-state index is 11.9. The van der Waals surface area contributed by atoms with E-state index < -0.39 is 0 Å². The fourth-order valence-corrected chi connectivity index (χ4v) is 1.53. The van der Waals surface area contributed by atoms with E-state index in [9.17, 15) is 9.59 Å². The number of hydrogen-bond acceptors (Lipinski definition) is 2. The van der Waals surface area contributed by atoms with Crippen molar-refractivity contribution in [2.45, 2.75) is 27.7 Å². The molecular weight excluding hydrogens is 200 g/mol. The Labute approximate surface area is 96.7 Å². The van der Waals surface area contributed by atoms with Crippen LogP contribution in [0, 0.1) is 11.8 Å². The maximum Gasteiger partial charge on any atom is 0.166 e. The van der Waals surface area contributed by atoms with Crippen LogP contribution >= 0.6 is 0 Å². The Balaban J connectivity index is 3.20. The standard InChI is InChI=1S/C14H18O2/c1-9(2)13(15)11-7-5-6-8-12(11)14(16)10(3)4/h5-10H,1-4H3. The van der Waals surface area contributed by atoms with E-state index in [-0.39, 0.29) is 23.4 Å². The number of rotatable bonds is 4. The molecule has 0 unspecified atom stereocenters. The van der Waals surface area contributed by atoms with E-state index >= 15 is 0 Å². The summed E-state index contributed by atoms with van der Waals surface area (Å²) in [6.45, 7) is 7.38. The van der Waals surface area contributed by atoms with E-state index in [0.29, 0.717) is 11.1 Å². The molecule has 0 radical (unpaired) electrons. The molecule has 1 rings (SSSR count). The quantitative estimate of drug-likeness (QED) is 0.726. The smallest absolute Gasteiger partial charge is 0.166 e. The minimum absolute atomic E-state index is 0.0320. The zero-order valence-electron chi connectivity index (χ0n) is 10.3. The molecule has 0 fully saturated rings. The Morgan fingerprint density at radius 3 is 1.38 bits per heavy atom. The van der Waals surface area contributed by atoms with Crippen LogP contribution in [0.15, 0.2) is 24.3 Å². The molecule has 0 bridgehead atoms. The van der Waals surface area contributed by atoms with Crippen LogP contribution < -0.4 is 0 Å². The summed E-state index contributed by atoms with van der Waals surface area (Å²) in [7, 11) is 0. The minimum Gasteiger partial charge on any atom is -0.294 e. The van der Waals surface area contributed by atoms with Gasteiger partial charge in [-0.15, -0.1) is 0 Å². The monoisotopic (exact) mass is 218 g/mol. The fraction of sp³-hybridized carbons (Fsp3) is 0.429. The second-order valence-corrected chi connectivity index (χ2v) is 4.58. The second kappa shape index (κ2) is 5.06. The van der Waals surface area contributed by atoms with E-state index in [2.05, 4.69) is 0 Å². The first-order valence-electron chi connectivity index (χ1n) is 5.62. The molecule has 86 valence electrons. The molecule has 16 heavy (non-hydrogen) atoms. The van der Waals surface area contributed by atoms with Crippen LogP contribution in [0.1, 0.15) is 48.4 Å². The first-order chi connectivity index (χ1) is 7.45. The predicted octanol–water partition coefficient (Wildman–Crippen LogP) is 3.36. The molecule has 1 aromatic rings. The van der Waals surface area contributed by atoms with E-state index in [0.717, 1.165) is 0 Å². The Hall–Kier alpha value is -1.44. The molecule has 2 nitrogen and oxygen atoms in total. The minimum atomic E-state index is -0.0823. The first kappa shape index (κ1) is 12.6. The third-order valence-corrected chi connectivity index (χ3v) is 2.51. The highest BCUT2D eigenvalue weighted by Gasteiger charge is 2.20. The van der Waals surface area contributed by atoms with Gasteiger partial charge in [0.05, 0.1) is 0 Å². The molecule has 0 atom stereocenters. The van der Waals surface area contributed by atoms with Crippen molar-refractivity contribution >= 4 is 11.6 Å². The molecule has 2 heteroatoms. The summed E-state index contributed by atoms with van der Waals surface area (Å²) in [5.41, 5.74) is 1.10. The summed E-state index contributed by atoms with van der Waals surface area (Å²) < 4.78 is 0. The second-order valence-electron chi connectivity index (χ2n) is 4.58. The highest BCUT2D eigenvalue weighted by molar-refractivity contribution is 6.09.